The van der Waals surface area contributed by atoms with E-state index in [2.05, 4.69) is 43.3 Å². The summed E-state index contributed by atoms with van der Waals surface area (Å²) in [4.78, 5) is 19.4. The molecule has 0 bridgehead atoms. The molecule has 0 aromatic carbocycles. The van der Waals surface area contributed by atoms with Gasteiger partial charge in [-0.25, -0.2) is 14.8 Å². The Bertz CT molecular complexity index is 828. The molecule has 4 rings (SSSR count). The van der Waals surface area contributed by atoms with Gasteiger partial charge in [-0.1, -0.05) is 0 Å². The van der Waals surface area contributed by atoms with E-state index in [0.717, 1.165) is 40.3 Å². The van der Waals surface area contributed by atoms with Gasteiger partial charge in [-0.05, 0) is 48.3 Å². The maximum Gasteiger partial charge on any atom is 0.404 e. The Morgan fingerprint density at radius 2 is 1.93 bits per heavy atom. The number of halogens is 1. The van der Waals surface area contributed by atoms with E-state index in [1.807, 2.05) is 0 Å². The Hall–Kier alpha value is -1.66. The Morgan fingerprint density at radius 1 is 1.22 bits per heavy atom. The molecule has 1 aliphatic carbocycles. The second kappa shape index (κ2) is 7.76. The van der Waals surface area contributed by atoms with Crippen molar-refractivity contribution in [1.29, 1.82) is 0 Å². The van der Waals surface area contributed by atoms with Crippen LogP contribution >= 0.6 is 22.6 Å². The van der Waals surface area contributed by atoms with Crippen LogP contribution in [0.5, 0.6) is 0 Å². The van der Waals surface area contributed by atoms with Crippen LogP contribution in [0.3, 0.4) is 0 Å². The summed E-state index contributed by atoms with van der Waals surface area (Å²) in [6.07, 6.45) is 6.17. The molecule has 1 saturated heterocycles. The summed E-state index contributed by atoms with van der Waals surface area (Å²) >= 11 is 2.28. The van der Waals surface area contributed by atoms with Crippen LogP contribution in [0.25, 0.3) is 11.0 Å². The maximum absolute atomic E-state index is 10.8. The van der Waals surface area contributed by atoms with Crippen LogP contribution in [0.15, 0.2) is 12.5 Å². The van der Waals surface area contributed by atoms with Crippen LogP contribution in [0, 0.1) is 9.49 Å². The average Bonchev–Trinajstić information content (AvgIpc) is 3.00. The molecule has 4 N–H and O–H groups in total. The molecule has 0 spiro atoms. The van der Waals surface area contributed by atoms with Crippen LogP contribution in [0.4, 0.5) is 10.6 Å². The molecule has 1 saturated carbocycles. The monoisotopic (exact) mass is 487 g/mol. The van der Waals surface area contributed by atoms with Crippen molar-refractivity contribution < 1.29 is 19.0 Å². The van der Waals surface area contributed by atoms with E-state index in [4.69, 9.17) is 25.7 Å². The van der Waals surface area contributed by atoms with E-state index in [-0.39, 0.29) is 6.29 Å². The number of carbonyl (C=O) groups is 1. The fraction of sp³-hybridized carbons (Fsp3) is 0.588. The van der Waals surface area contributed by atoms with E-state index < -0.39 is 12.2 Å². The summed E-state index contributed by atoms with van der Waals surface area (Å²) < 4.78 is 19.7. The first kappa shape index (κ1) is 18.7. The van der Waals surface area contributed by atoms with Gasteiger partial charge < -0.3 is 30.2 Å². The lowest BCUT2D eigenvalue weighted by atomic mass is 9.85. The third-order valence-corrected chi connectivity index (χ3v) is 6.11. The fourth-order valence-electron chi connectivity index (χ4n) is 4.00. The van der Waals surface area contributed by atoms with Gasteiger partial charge in [-0.15, -0.1) is 0 Å². The quantitative estimate of drug-likeness (QED) is 0.636. The van der Waals surface area contributed by atoms with Gasteiger partial charge in [0.1, 0.15) is 17.8 Å². The molecule has 0 radical (unpaired) electrons. The second-order valence-electron chi connectivity index (χ2n) is 7.00. The van der Waals surface area contributed by atoms with E-state index in [9.17, 15) is 4.79 Å². The van der Waals surface area contributed by atoms with Gasteiger partial charge in [0.25, 0.3) is 0 Å². The molecule has 146 valence electrons. The zero-order valence-electron chi connectivity index (χ0n) is 14.7. The fourth-order valence-corrected chi connectivity index (χ4v) is 4.82. The van der Waals surface area contributed by atoms with E-state index in [1.54, 1.807) is 0 Å². The van der Waals surface area contributed by atoms with Crippen molar-refractivity contribution in [3.63, 3.8) is 0 Å². The lowest BCUT2D eigenvalue weighted by Crippen LogP contribution is -2.43. The molecule has 9 nitrogen and oxygen atoms in total. The highest BCUT2D eigenvalue weighted by Gasteiger charge is 2.34. The summed E-state index contributed by atoms with van der Waals surface area (Å²) in [6, 6.07) is 0.371. The number of ether oxygens (including phenoxy) is 3. The number of amides is 1. The Labute approximate surface area is 169 Å². The number of nitrogen functional groups attached to an aromatic ring is 1. The molecular formula is C17H22IN5O4. The number of nitrogens with zero attached hydrogens (tertiary/aromatic N) is 3. The van der Waals surface area contributed by atoms with Crippen LogP contribution in [-0.4, -0.2) is 46.2 Å². The second-order valence-corrected chi connectivity index (χ2v) is 8.17. The Balaban J connectivity index is 1.38. The number of nitrogens with two attached hydrogens (primary N) is 2. The first-order valence-corrected chi connectivity index (χ1v) is 10.1. The number of fused-ring (bicyclic) bond motifs is 1. The van der Waals surface area contributed by atoms with Crippen molar-refractivity contribution in [3.05, 3.63) is 16.1 Å². The van der Waals surface area contributed by atoms with Crippen LogP contribution in [0.1, 0.15) is 31.7 Å². The number of anilines is 1. The highest BCUT2D eigenvalue weighted by atomic mass is 127. The molecule has 1 aliphatic heterocycles. The van der Waals surface area contributed by atoms with Crippen molar-refractivity contribution in [2.75, 3.05) is 18.9 Å². The summed E-state index contributed by atoms with van der Waals surface area (Å²) in [5.74, 6) is 0.852. The minimum Gasteiger partial charge on any atom is -0.441 e. The topological polar surface area (TPSA) is 128 Å². The molecule has 2 aromatic heterocycles. The van der Waals surface area contributed by atoms with Gasteiger partial charge in [0.05, 0.1) is 18.6 Å². The first-order valence-electron chi connectivity index (χ1n) is 8.98. The lowest BCUT2D eigenvalue weighted by molar-refractivity contribution is -0.240. The Kier molecular flexibility index (Phi) is 5.37. The molecule has 0 unspecified atom stereocenters. The average molecular weight is 487 g/mol. The maximum atomic E-state index is 10.8. The molecule has 10 heteroatoms. The first-order chi connectivity index (χ1) is 13.0. The standard InChI is InChI=1S/C17H22IN5O4/c18-12-5-23(15-13(12)14(19)21-8-22-15)10-3-1-9(2-4-10)16-25-6-11(7-26-16)27-17(20)24/h5,8-11,16H,1-4,6-7H2,(H2,20,24)(H2,19,21,22). The van der Waals surface area contributed by atoms with Crippen molar-refractivity contribution >= 4 is 45.5 Å². The highest BCUT2D eigenvalue weighted by Crippen LogP contribution is 2.38. The van der Waals surface area contributed by atoms with Crippen LogP contribution in [-0.2, 0) is 14.2 Å². The van der Waals surface area contributed by atoms with Gasteiger partial charge in [-0.3, -0.25) is 0 Å². The van der Waals surface area contributed by atoms with E-state index in [0.29, 0.717) is 31.0 Å². The molecular weight excluding hydrogens is 465 g/mol. The molecule has 2 aliphatic rings. The third-order valence-electron chi connectivity index (χ3n) is 5.29. The third kappa shape index (κ3) is 3.83. The van der Waals surface area contributed by atoms with Gasteiger partial charge >= 0.3 is 6.09 Å². The van der Waals surface area contributed by atoms with E-state index >= 15 is 0 Å². The number of carbonyl (C=O) groups excluding carboxylic acids is 1. The van der Waals surface area contributed by atoms with Crippen LogP contribution in [0.2, 0.25) is 0 Å². The van der Waals surface area contributed by atoms with Crippen LogP contribution < -0.4 is 11.5 Å². The zero-order valence-corrected chi connectivity index (χ0v) is 16.9. The number of rotatable bonds is 3. The SMILES string of the molecule is NC(=O)OC1COC(C2CCC(n3cc(I)c4c(N)ncnc43)CC2)OC1. The zero-order chi connectivity index (χ0) is 19.0. The smallest absolute Gasteiger partial charge is 0.404 e. The van der Waals surface area contributed by atoms with Crippen molar-refractivity contribution in [3.8, 4) is 0 Å². The molecule has 2 fully saturated rings. The number of hydrogen-bond donors (Lipinski definition) is 2. The molecule has 27 heavy (non-hydrogen) atoms. The van der Waals surface area contributed by atoms with Crippen molar-refractivity contribution in [2.24, 2.45) is 11.7 Å². The van der Waals surface area contributed by atoms with Gasteiger partial charge in [-0.2, -0.15) is 0 Å². The number of primary amides is 1. The summed E-state index contributed by atoms with van der Waals surface area (Å²) in [5.41, 5.74) is 11.9. The highest BCUT2D eigenvalue weighted by molar-refractivity contribution is 14.1. The van der Waals surface area contributed by atoms with Gasteiger partial charge in [0.2, 0.25) is 0 Å². The largest absolute Gasteiger partial charge is 0.441 e. The van der Waals surface area contributed by atoms with Gasteiger partial charge in [0, 0.05) is 21.7 Å². The molecule has 2 aromatic rings. The van der Waals surface area contributed by atoms with Crippen molar-refractivity contribution in [1.82, 2.24) is 14.5 Å². The number of hydrogen-bond acceptors (Lipinski definition) is 7. The Morgan fingerprint density at radius 3 is 2.59 bits per heavy atom. The minimum absolute atomic E-state index is 0.252. The van der Waals surface area contributed by atoms with E-state index in [1.165, 1.54) is 6.33 Å². The minimum atomic E-state index is -0.802. The lowest BCUT2D eigenvalue weighted by Gasteiger charge is -2.37. The molecule has 1 amide bonds. The summed E-state index contributed by atoms with van der Waals surface area (Å²) in [5, 5.41) is 0.930. The van der Waals surface area contributed by atoms with Crippen molar-refractivity contribution in [2.45, 2.75) is 44.1 Å². The van der Waals surface area contributed by atoms with Gasteiger partial charge in [0.15, 0.2) is 12.4 Å². The molecule has 3 heterocycles. The number of aromatic nitrogens is 3. The summed E-state index contributed by atoms with van der Waals surface area (Å²) in [6.45, 7) is 0.647. The molecule has 0 atom stereocenters. The predicted octanol–water partition coefficient (Wildman–Crippen LogP) is 2.19. The predicted molar refractivity (Wildman–Crippen MR) is 106 cm³/mol. The summed E-state index contributed by atoms with van der Waals surface area (Å²) in [7, 11) is 0. The normalized spacial score (nSPS) is 28.9.